The van der Waals surface area contributed by atoms with E-state index in [-0.39, 0.29) is 12.3 Å². The van der Waals surface area contributed by atoms with Crippen molar-refractivity contribution in [2.75, 3.05) is 20.7 Å². The number of hydrogen-bond donors (Lipinski definition) is 3. The number of rotatable bonds is 14. The Kier molecular flexibility index (Phi) is 9.94. The van der Waals surface area contributed by atoms with Crippen LogP contribution >= 0.6 is 0 Å². The molecular formula is C32H38N4O4. The number of hydrogen-bond acceptors (Lipinski definition) is 5. The maximum Gasteiger partial charge on any atom is 0.304 e. The number of H-pyrrole nitrogens is 1. The van der Waals surface area contributed by atoms with E-state index < -0.39 is 18.1 Å². The van der Waals surface area contributed by atoms with E-state index in [2.05, 4.69) is 10.4 Å². The number of aromatic nitrogens is 1. The van der Waals surface area contributed by atoms with E-state index in [4.69, 9.17) is 4.74 Å². The van der Waals surface area contributed by atoms with Crippen LogP contribution in [-0.2, 0) is 29.0 Å². The lowest BCUT2D eigenvalue weighted by molar-refractivity contribution is -0.139. The van der Waals surface area contributed by atoms with E-state index in [9.17, 15) is 14.7 Å². The Morgan fingerprint density at radius 1 is 0.950 bits per heavy atom. The second-order valence-corrected chi connectivity index (χ2v) is 9.99. The molecule has 0 radical (unpaired) electrons. The molecule has 8 nitrogen and oxygen atoms in total. The maximum atomic E-state index is 14.0. The highest BCUT2D eigenvalue weighted by molar-refractivity contribution is 5.83. The molecule has 1 heterocycles. The molecule has 210 valence electrons. The topological polar surface area (TPSA) is 97.9 Å². The predicted molar refractivity (Wildman–Crippen MR) is 157 cm³/mol. The summed E-state index contributed by atoms with van der Waals surface area (Å²) >= 11 is 0. The number of amides is 1. The Hall–Kier alpha value is -4.14. The molecular weight excluding hydrogens is 504 g/mol. The molecule has 3 aromatic carbocycles. The summed E-state index contributed by atoms with van der Waals surface area (Å²) in [6, 6.07) is 24.6. The van der Waals surface area contributed by atoms with Crippen molar-refractivity contribution in [1.29, 1.82) is 0 Å². The summed E-state index contributed by atoms with van der Waals surface area (Å²) in [5.41, 5.74) is 7.43. The summed E-state index contributed by atoms with van der Waals surface area (Å²) in [7, 11) is 3.42. The number of methoxy groups -OCH3 is 1. The third-order valence-corrected chi connectivity index (χ3v) is 7.16. The highest BCUT2D eigenvalue weighted by Crippen LogP contribution is 2.22. The number of fused-ring (bicyclic) bond motifs is 1. The van der Waals surface area contributed by atoms with Gasteiger partial charge in [0, 0.05) is 48.8 Å². The monoisotopic (exact) mass is 542 g/mol. The van der Waals surface area contributed by atoms with Crippen LogP contribution in [0.2, 0.25) is 0 Å². The van der Waals surface area contributed by atoms with Gasteiger partial charge in [0.05, 0.1) is 13.5 Å². The number of nitrogens with zero attached hydrogens (tertiary/aromatic N) is 2. The van der Waals surface area contributed by atoms with E-state index in [1.165, 1.54) is 0 Å². The van der Waals surface area contributed by atoms with Crippen LogP contribution < -0.4 is 10.2 Å². The smallest absolute Gasteiger partial charge is 0.304 e. The zero-order valence-corrected chi connectivity index (χ0v) is 23.3. The van der Waals surface area contributed by atoms with Crippen LogP contribution in [0.15, 0.2) is 85.1 Å². The Morgan fingerprint density at radius 2 is 1.65 bits per heavy atom. The molecule has 4 rings (SSSR count). The summed E-state index contributed by atoms with van der Waals surface area (Å²) in [5.74, 6) is -0.231. The highest BCUT2D eigenvalue weighted by atomic mass is 16.5. The molecule has 0 saturated heterocycles. The molecule has 0 aliphatic carbocycles. The van der Waals surface area contributed by atoms with Crippen LogP contribution in [0.3, 0.4) is 0 Å². The number of carboxylic acids is 1. The van der Waals surface area contributed by atoms with Gasteiger partial charge < -0.3 is 19.7 Å². The largest absolute Gasteiger partial charge is 0.496 e. The molecule has 40 heavy (non-hydrogen) atoms. The van der Waals surface area contributed by atoms with Crippen molar-refractivity contribution in [3.8, 4) is 5.75 Å². The quantitative estimate of drug-likeness (QED) is 0.201. The van der Waals surface area contributed by atoms with Crippen molar-refractivity contribution in [2.45, 2.75) is 44.8 Å². The lowest BCUT2D eigenvalue weighted by atomic mass is 10.0. The average Bonchev–Trinajstić information content (AvgIpc) is 3.37. The van der Waals surface area contributed by atoms with Crippen LogP contribution in [0.25, 0.3) is 10.9 Å². The minimum absolute atomic E-state index is 0.0646. The number of nitrogens with one attached hydrogen (secondary N) is 2. The molecule has 3 N–H and O–H groups in total. The summed E-state index contributed by atoms with van der Waals surface area (Å²) < 4.78 is 5.50. The lowest BCUT2D eigenvalue weighted by Crippen LogP contribution is -2.57. The molecule has 0 aliphatic rings. The number of aromatic amines is 1. The average molecular weight is 543 g/mol. The van der Waals surface area contributed by atoms with E-state index in [1.54, 1.807) is 19.1 Å². The number of likely N-dealkylation sites (N-methyl/N-ethyl adjacent to an activating group) is 2. The van der Waals surface area contributed by atoms with Crippen LogP contribution in [0.1, 0.15) is 30.0 Å². The van der Waals surface area contributed by atoms with E-state index in [0.29, 0.717) is 25.9 Å². The van der Waals surface area contributed by atoms with Crippen LogP contribution in [0.5, 0.6) is 5.75 Å². The molecule has 0 spiro atoms. The molecule has 4 aromatic rings. The van der Waals surface area contributed by atoms with Gasteiger partial charge in [0.25, 0.3) is 0 Å². The van der Waals surface area contributed by atoms with Crippen molar-refractivity contribution in [3.05, 3.63) is 102 Å². The molecule has 0 fully saturated rings. The number of benzene rings is 3. The third-order valence-electron chi connectivity index (χ3n) is 7.16. The molecule has 2 atom stereocenters. The fourth-order valence-electron chi connectivity index (χ4n) is 5.17. The number of hydrazine groups is 1. The van der Waals surface area contributed by atoms with Crippen molar-refractivity contribution in [1.82, 2.24) is 20.3 Å². The van der Waals surface area contributed by atoms with E-state index in [1.807, 2.05) is 97.0 Å². The molecule has 1 unspecified atom stereocenters. The lowest BCUT2D eigenvalue weighted by Gasteiger charge is -2.36. The highest BCUT2D eigenvalue weighted by Gasteiger charge is 2.31. The number of carboxylic acid groups (broad SMARTS) is 1. The number of carbonyl (C=O) groups is 2. The molecule has 0 saturated carbocycles. The van der Waals surface area contributed by atoms with Gasteiger partial charge in [0.2, 0.25) is 5.91 Å². The number of para-hydroxylation sites is 2. The number of carbonyl (C=O) groups excluding carboxylic acids is 1. The summed E-state index contributed by atoms with van der Waals surface area (Å²) in [4.78, 5) is 30.9. The molecule has 0 aliphatic heterocycles. The van der Waals surface area contributed by atoms with Crippen LogP contribution in [0, 0.1) is 0 Å². The second-order valence-electron chi connectivity index (χ2n) is 9.99. The number of ether oxygens (including phenoxy) is 1. The summed E-state index contributed by atoms with van der Waals surface area (Å²) in [5, 5.41) is 12.7. The Morgan fingerprint density at radius 3 is 2.38 bits per heavy atom. The third kappa shape index (κ3) is 7.28. The van der Waals surface area contributed by atoms with E-state index in [0.717, 1.165) is 33.3 Å². The zero-order valence-electron chi connectivity index (χ0n) is 23.3. The van der Waals surface area contributed by atoms with Gasteiger partial charge in [-0.3, -0.25) is 15.0 Å². The first kappa shape index (κ1) is 28.9. The van der Waals surface area contributed by atoms with Crippen LogP contribution in [0.4, 0.5) is 0 Å². The summed E-state index contributed by atoms with van der Waals surface area (Å²) in [6.07, 6.45) is 2.82. The van der Waals surface area contributed by atoms with E-state index >= 15 is 0 Å². The minimum atomic E-state index is -0.896. The fraction of sp³-hybridized carbons (Fsp3) is 0.312. The van der Waals surface area contributed by atoms with Gasteiger partial charge in [-0.05, 0) is 36.1 Å². The zero-order chi connectivity index (χ0) is 28.5. The van der Waals surface area contributed by atoms with Crippen molar-refractivity contribution < 1.29 is 19.4 Å². The Balaban J connectivity index is 1.60. The Labute approximate surface area is 235 Å². The predicted octanol–water partition coefficient (Wildman–Crippen LogP) is 4.66. The SMILES string of the molecule is CCN(N[C@H](CC(=O)O)Cc1c[nH]c2ccccc12)C(Cc1ccccc1)C(=O)N(C)Cc1ccccc1OC. The van der Waals surface area contributed by atoms with Gasteiger partial charge in [-0.25, -0.2) is 5.01 Å². The van der Waals surface area contributed by atoms with Gasteiger partial charge in [-0.15, -0.1) is 0 Å². The van der Waals surface area contributed by atoms with Gasteiger partial charge in [-0.2, -0.15) is 0 Å². The first-order chi connectivity index (χ1) is 19.4. The Bertz CT molecular complexity index is 1400. The van der Waals surface area contributed by atoms with Crippen molar-refractivity contribution in [2.24, 2.45) is 0 Å². The van der Waals surface area contributed by atoms with Gasteiger partial charge >= 0.3 is 5.97 Å². The first-order valence-corrected chi connectivity index (χ1v) is 13.6. The van der Waals surface area contributed by atoms with Crippen molar-refractivity contribution >= 4 is 22.8 Å². The van der Waals surface area contributed by atoms with Gasteiger partial charge in [0.15, 0.2) is 0 Å². The first-order valence-electron chi connectivity index (χ1n) is 13.6. The van der Waals surface area contributed by atoms with Gasteiger partial charge in [-0.1, -0.05) is 73.7 Å². The fourth-order valence-corrected chi connectivity index (χ4v) is 5.17. The molecule has 8 heteroatoms. The van der Waals surface area contributed by atoms with Crippen LogP contribution in [-0.4, -0.2) is 64.7 Å². The minimum Gasteiger partial charge on any atom is -0.496 e. The molecule has 0 bridgehead atoms. The van der Waals surface area contributed by atoms with Crippen molar-refractivity contribution in [3.63, 3.8) is 0 Å². The molecule has 1 aromatic heterocycles. The number of aliphatic carboxylic acids is 1. The van der Waals surface area contributed by atoms with Gasteiger partial charge in [0.1, 0.15) is 11.8 Å². The summed E-state index contributed by atoms with van der Waals surface area (Å²) in [6.45, 7) is 2.87. The maximum absolute atomic E-state index is 14.0. The second kappa shape index (κ2) is 13.8. The molecule has 1 amide bonds. The standard InChI is InChI=1S/C32H38N4O4/c1-4-36(34-26(20-31(37)38)19-25-21-33-28-16-10-9-15-27(25)28)29(18-23-12-6-5-7-13-23)32(39)35(2)22-24-14-8-11-17-30(24)40-3/h5-17,21,26,29,33-34H,4,18-20,22H2,1-3H3,(H,37,38)/t26-,29?/m0/s1. The normalized spacial score (nSPS) is 12.8.